The number of hydrogen-bond acceptors (Lipinski definition) is 6. The molecule has 0 heterocycles. The van der Waals surface area contributed by atoms with E-state index in [0.717, 1.165) is 25.8 Å². The minimum Gasteiger partial charge on any atom is -0.465 e. The minimum absolute atomic E-state index is 0.109. The van der Waals surface area contributed by atoms with Crippen molar-refractivity contribution in [3.05, 3.63) is 0 Å². The summed E-state index contributed by atoms with van der Waals surface area (Å²) in [7, 11) is -1.05. The normalized spacial score (nSPS) is 26.2. The van der Waals surface area contributed by atoms with Gasteiger partial charge in [0.2, 0.25) is 0 Å². The number of nitrogens with zero attached hydrogens (tertiary/aromatic N) is 1. The molecule has 0 aromatic carbocycles. The number of rotatable bonds is 8. The van der Waals surface area contributed by atoms with Crippen molar-refractivity contribution in [2.75, 3.05) is 38.8 Å². The Morgan fingerprint density at radius 2 is 2.10 bits per heavy atom. The first-order chi connectivity index (χ1) is 9.69. The van der Waals surface area contributed by atoms with Gasteiger partial charge in [0.15, 0.2) is 0 Å². The number of esters is 1. The van der Waals surface area contributed by atoms with E-state index in [2.05, 4.69) is 0 Å². The molecule has 0 bridgehead atoms. The Hall–Kier alpha value is -0.660. The Balaban J connectivity index is 2.48. The van der Waals surface area contributed by atoms with Crippen LogP contribution in [0.4, 0.5) is 0 Å². The number of carbonyl (C=O) groups is 1. The van der Waals surface area contributed by atoms with Crippen LogP contribution in [-0.4, -0.2) is 63.6 Å². The van der Waals surface area contributed by atoms with Gasteiger partial charge in [-0.2, -0.15) is 0 Å². The van der Waals surface area contributed by atoms with Crippen molar-refractivity contribution in [1.82, 2.24) is 4.90 Å². The van der Waals surface area contributed by atoms with Crippen LogP contribution in [0.3, 0.4) is 0 Å². The molecule has 124 valence electrons. The van der Waals surface area contributed by atoms with Crippen molar-refractivity contribution in [2.45, 2.75) is 38.1 Å². The molecule has 0 amide bonds. The molecule has 1 rings (SSSR count). The second-order valence-electron chi connectivity index (χ2n) is 6.07. The molecule has 2 unspecified atom stereocenters. The summed E-state index contributed by atoms with van der Waals surface area (Å²) in [5.74, 6) is -0.0386. The molecule has 0 saturated heterocycles. The van der Waals surface area contributed by atoms with E-state index in [4.69, 9.17) is 10.5 Å². The van der Waals surface area contributed by atoms with Crippen LogP contribution in [-0.2, 0) is 19.4 Å². The SMILES string of the molecule is CCOC(=O)C1(N)CCCC1CCN(C)CCS(C)(=O)=O. The average molecular weight is 320 g/mol. The van der Waals surface area contributed by atoms with Crippen LogP contribution >= 0.6 is 0 Å². The first-order valence-electron chi connectivity index (χ1n) is 7.51. The number of ether oxygens (including phenoxy) is 1. The van der Waals surface area contributed by atoms with Crippen molar-refractivity contribution in [3.8, 4) is 0 Å². The quantitative estimate of drug-likeness (QED) is 0.652. The van der Waals surface area contributed by atoms with Gasteiger partial charge < -0.3 is 15.4 Å². The van der Waals surface area contributed by atoms with Crippen LogP contribution in [0.2, 0.25) is 0 Å². The summed E-state index contributed by atoms with van der Waals surface area (Å²) >= 11 is 0. The van der Waals surface area contributed by atoms with Crippen molar-refractivity contribution >= 4 is 15.8 Å². The van der Waals surface area contributed by atoms with Gasteiger partial charge in [0.25, 0.3) is 0 Å². The Morgan fingerprint density at radius 3 is 2.67 bits per heavy atom. The van der Waals surface area contributed by atoms with Gasteiger partial charge in [0.1, 0.15) is 15.4 Å². The van der Waals surface area contributed by atoms with E-state index >= 15 is 0 Å². The van der Waals surface area contributed by atoms with Gasteiger partial charge in [-0.1, -0.05) is 6.42 Å². The van der Waals surface area contributed by atoms with Crippen LogP contribution in [0, 0.1) is 5.92 Å². The van der Waals surface area contributed by atoms with E-state index in [9.17, 15) is 13.2 Å². The lowest BCUT2D eigenvalue weighted by Crippen LogP contribution is -2.52. The summed E-state index contributed by atoms with van der Waals surface area (Å²) in [5, 5.41) is 0. The molecule has 7 heteroatoms. The Kier molecular flexibility index (Phi) is 6.62. The molecule has 2 atom stereocenters. The predicted molar refractivity (Wildman–Crippen MR) is 82.7 cm³/mol. The maximum atomic E-state index is 12.0. The number of nitrogens with two attached hydrogens (primary N) is 1. The zero-order valence-electron chi connectivity index (χ0n) is 13.3. The lowest BCUT2D eigenvalue weighted by atomic mass is 9.85. The third-order valence-corrected chi connectivity index (χ3v) is 5.15. The summed E-state index contributed by atoms with van der Waals surface area (Å²) in [6.07, 6.45) is 4.56. The molecular weight excluding hydrogens is 292 g/mol. The molecule has 0 aliphatic heterocycles. The lowest BCUT2D eigenvalue weighted by Gasteiger charge is -2.30. The average Bonchev–Trinajstić information content (AvgIpc) is 2.76. The summed E-state index contributed by atoms with van der Waals surface area (Å²) < 4.78 is 27.4. The maximum Gasteiger partial charge on any atom is 0.326 e. The van der Waals surface area contributed by atoms with E-state index in [-0.39, 0.29) is 17.6 Å². The molecule has 1 fully saturated rings. The standard InChI is InChI=1S/C14H28N2O4S/c1-4-20-13(17)14(15)8-5-6-12(14)7-9-16(2)10-11-21(3,18)19/h12H,4-11,15H2,1-3H3. The zero-order chi connectivity index (χ0) is 16.1. The van der Waals surface area contributed by atoms with Gasteiger partial charge in [0, 0.05) is 12.8 Å². The number of hydrogen-bond donors (Lipinski definition) is 1. The molecule has 0 aromatic heterocycles. The summed E-state index contributed by atoms with van der Waals surface area (Å²) in [6.45, 7) is 3.37. The molecule has 6 nitrogen and oxygen atoms in total. The molecule has 1 saturated carbocycles. The molecule has 0 aromatic rings. The Bertz CT molecular complexity index is 452. The number of carbonyl (C=O) groups excluding carboxylic acids is 1. The van der Waals surface area contributed by atoms with Crippen LogP contribution in [0.5, 0.6) is 0 Å². The highest BCUT2D eigenvalue weighted by Gasteiger charge is 2.46. The van der Waals surface area contributed by atoms with Crippen molar-refractivity contribution < 1.29 is 17.9 Å². The fraction of sp³-hybridized carbons (Fsp3) is 0.929. The van der Waals surface area contributed by atoms with Gasteiger partial charge in [-0.15, -0.1) is 0 Å². The van der Waals surface area contributed by atoms with Crippen LogP contribution in [0.25, 0.3) is 0 Å². The topological polar surface area (TPSA) is 89.7 Å². The van der Waals surface area contributed by atoms with E-state index in [1.807, 2.05) is 11.9 Å². The molecular formula is C14H28N2O4S. The van der Waals surface area contributed by atoms with E-state index in [1.54, 1.807) is 6.92 Å². The molecule has 0 spiro atoms. The van der Waals surface area contributed by atoms with Gasteiger partial charge in [-0.25, -0.2) is 8.42 Å². The Labute approximate surface area is 127 Å². The molecule has 21 heavy (non-hydrogen) atoms. The smallest absolute Gasteiger partial charge is 0.326 e. The zero-order valence-corrected chi connectivity index (χ0v) is 14.1. The van der Waals surface area contributed by atoms with Crippen LogP contribution in [0.1, 0.15) is 32.6 Å². The fourth-order valence-electron chi connectivity index (χ4n) is 2.85. The minimum atomic E-state index is -2.94. The van der Waals surface area contributed by atoms with E-state index in [0.29, 0.717) is 19.6 Å². The molecule has 2 N–H and O–H groups in total. The van der Waals surface area contributed by atoms with Crippen molar-refractivity contribution in [2.24, 2.45) is 11.7 Å². The van der Waals surface area contributed by atoms with Gasteiger partial charge in [-0.3, -0.25) is 4.79 Å². The molecule has 1 aliphatic carbocycles. The monoisotopic (exact) mass is 320 g/mol. The van der Waals surface area contributed by atoms with E-state index < -0.39 is 15.4 Å². The second kappa shape index (κ2) is 7.56. The molecule has 0 radical (unpaired) electrons. The highest BCUT2D eigenvalue weighted by Crippen LogP contribution is 2.37. The number of sulfone groups is 1. The first-order valence-corrected chi connectivity index (χ1v) is 9.57. The lowest BCUT2D eigenvalue weighted by molar-refractivity contribution is -0.151. The largest absolute Gasteiger partial charge is 0.465 e. The third kappa shape index (κ3) is 5.56. The summed E-state index contributed by atoms with van der Waals surface area (Å²) in [5.41, 5.74) is 5.41. The van der Waals surface area contributed by atoms with Crippen molar-refractivity contribution in [3.63, 3.8) is 0 Å². The second-order valence-corrected chi connectivity index (χ2v) is 8.33. The fourth-order valence-corrected chi connectivity index (χ4v) is 3.49. The van der Waals surface area contributed by atoms with Gasteiger partial charge >= 0.3 is 5.97 Å². The van der Waals surface area contributed by atoms with Crippen molar-refractivity contribution in [1.29, 1.82) is 0 Å². The third-order valence-electron chi connectivity index (χ3n) is 4.23. The van der Waals surface area contributed by atoms with Crippen LogP contribution in [0.15, 0.2) is 0 Å². The first kappa shape index (κ1) is 18.4. The predicted octanol–water partition coefficient (Wildman–Crippen LogP) is 0.414. The highest BCUT2D eigenvalue weighted by molar-refractivity contribution is 7.90. The summed E-state index contributed by atoms with van der Waals surface area (Å²) in [6, 6.07) is 0. The molecule has 1 aliphatic rings. The van der Waals surface area contributed by atoms with Gasteiger partial charge in [-0.05, 0) is 45.7 Å². The van der Waals surface area contributed by atoms with E-state index in [1.165, 1.54) is 6.26 Å². The van der Waals surface area contributed by atoms with Gasteiger partial charge in [0.05, 0.1) is 12.4 Å². The maximum absolute atomic E-state index is 12.0. The summed E-state index contributed by atoms with van der Waals surface area (Å²) in [4.78, 5) is 14.0. The van der Waals surface area contributed by atoms with Crippen LogP contribution < -0.4 is 5.73 Å². The Morgan fingerprint density at radius 1 is 1.43 bits per heavy atom. The highest BCUT2D eigenvalue weighted by atomic mass is 32.2.